The van der Waals surface area contributed by atoms with E-state index >= 15 is 0 Å². The van der Waals surface area contributed by atoms with E-state index in [2.05, 4.69) is 20.8 Å². The van der Waals surface area contributed by atoms with Gasteiger partial charge in [0, 0.05) is 62.3 Å². The van der Waals surface area contributed by atoms with Crippen molar-refractivity contribution in [2.75, 3.05) is 50.0 Å². The van der Waals surface area contributed by atoms with Crippen molar-refractivity contribution in [2.24, 2.45) is 5.92 Å². The first-order chi connectivity index (χ1) is 28.8. The fourth-order valence-electron chi connectivity index (χ4n) is 6.83. The number of piperazine rings is 1. The lowest BCUT2D eigenvalue weighted by atomic mass is 10.0. The third-order valence-corrected chi connectivity index (χ3v) is 10.2. The second-order valence-electron chi connectivity index (χ2n) is 14.5. The SMILES string of the molecule is C[C@H](COc1ccc(NCCCCCC(=O)N2CCN(C(=O)c3cc(Cc4n[nH]c(=O)c5ccccc45)ccc3F)CC2)cc1)C(=O)Nc1ccc(C#N)c(C(F)(F)F)c1. The molecule has 0 radical (unpaired) electrons. The van der Waals surface area contributed by atoms with Gasteiger partial charge in [-0.25, -0.2) is 9.49 Å². The Morgan fingerprint density at radius 3 is 2.32 bits per heavy atom. The number of carbonyl (C=O) groups is 3. The minimum absolute atomic E-state index is 0.0103. The van der Waals surface area contributed by atoms with Crippen LogP contribution in [0.25, 0.3) is 10.8 Å². The van der Waals surface area contributed by atoms with Crippen LogP contribution in [0.4, 0.5) is 28.9 Å². The molecule has 2 heterocycles. The number of rotatable bonds is 15. The highest BCUT2D eigenvalue weighted by atomic mass is 19.4. The number of amides is 3. The van der Waals surface area contributed by atoms with Gasteiger partial charge in [0.1, 0.15) is 11.6 Å². The molecule has 0 spiro atoms. The molecule has 0 saturated carbocycles. The van der Waals surface area contributed by atoms with Crippen molar-refractivity contribution >= 4 is 39.9 Å². The fourth-order valence-corrected chi connectivity index (χ4v) is 6.83. The van der Waals surface area contributed by atoms with E-state index in [0.717, 1.165) is 30.7 Å². The maximum atomic E-state index is 14.9. The number of anilines is 2. The number of unbranched alkanes of at least 4 members (excludes halogenated alkanes) is 2. The van der Waals surface area contributed by atoms with Gasteiger partial charge in [-0.05, 0) is 79.1 Å². The summed E-state index contributed by atoms with van der Waals surface area (Å²) in [6.45, 7) is 3.54. The number of H-pyrrole nitrogens is 1. The third kappa shape index (κ3) is 10.8. The van der Waals surface area contributed by atoms with Crippen molar-refractivity contribution in [3.8, 4) is 11.8 Å². The number of fused-ring (bicyclic) bond motifs is 1. The molecule has 1 fully saturated rings. The van der Waals surface area contributed by atoms with Crippen LogP contribution in [-0.2, 0) is 22.2 Å². The highest BCUT2D eigenvalue weighted by Gasteiger charge is 2.34. The highest BCUT2D eigenvalue weighted by Crippen LogP contribution is 2.33. The number of aromatic amines is 1. The van der Waals surface area contributed by atoms with Crippen LogP contribution < -0.4 is 20.9 Å². The second-order valence-corrected chi connectivity index (χ2v) is 14.5. The number of benzene rings is 4. The van der Waals surface area contributed by atoms with Crippen molar-refractivity contribution in [1.29, 1.82) is 5.26 Å². The van der Waals surface area contributed by atoms with Crippen LogP contribution in [0.3, 0.4) is 0 Å². The number of ether oxygens (including phenoxy) is 1. The van der Waals surface area contributed by atoms with Gasteiger partial charge in [-0.2, -0.15) is 23.5 Å². The molecule has 0 bridgehead atoms. The first-order valence-corrected chi connectivity index (χ1v) is 19.5. The zero-order valence-electron chi connectivity index (χ0n) is 32.8. The van der Waals surface area contributed by atoms with Crippen molar-refractivity contribution in [1.82, 2.24) is 20.0 Å². The summed E-state index contributed by atoms with van der Waals surface area (Å²) in [7, 11) is 0. The average molecular weight is 826 g/mol. The monoisotopic (exact) mass is 825 g/mol. The maximum Gasteiger partial charge on any atom is 0.417 e. The zero-order valence-corrected chi connectivity index (χ0v) is 32.8. The number of nitrogens with one attached hydrogen (secondary N) is 3. The second kappa shape index (κ2) is 19.3. The molecular weight excluding hydrogens is 783 g/mol. The Bertz CT molecular complexity index is 2440. The van der Waals surface area contributed by atoms with Gasteiger partial charge in [-0.15, -0.1) is 0 Å². The van der Waals surface area contributed by atoms with Gasteiger partial charge in [0.2, 0.25) is 11.8 Å². The molecule has 1 atom stereocenters. The summed E-state index contributed by atoms with van der Waals surface area (Å²) in [4.78, 5) is 54.4. The smallest absolute Gasteiger partial charge is 0.417 e. The highest BCUT2D eigenvalue weighted by molar-refractivity contribution is 5.95. The van der Waals surface area contributed by atoms with Crippen LogP contribution >= 0.6 is 0 Å². The van der Waals surface area contributed by atoms with E-state index < -0.39 is 40.9 Å². The Balaban J connectivity index is 0.865. The van der Waals surface area contributed by atoms with Crippen molar-refractivity contribution in [3.63, 3.8) is 0 Å². The standard InChI is InChI=1S/C44H43F4N7O5/c1-28(41(57)51-32-12-11-30(26-49)37(25-32)44(46,47)48)27-60-33-15-13-31(14-16-33)50-18-6-2-3-9-40(56)54-19-21-55(22-20-54)43(59)36-23-29(10-17-38(36)45)24-39-34-7-4-5-8-35(34)42(58)53-52-39/h4-5,7-8,10-17,23,25,28,50H,2-3,6,9,18-22,24,27H2,1H3,(H,51,57)(H,53,58)/t28-/m1/s1. The molecule has 1 aromatic heterocycles. The minimum Gasteiger partial charge on any atom is -0.493 e. The summed E-state index contributed by atoms with van der Waals surface area (Å²) < 4.78 is 60.4. The van der Waals surface area contributed by atoms with Gasteiger partial charge in [-0.1, -0.05) is 37.6 Å². The molecule has 1 aliphatic heterocycles. The van der Waals surface area contributed by atoms with E-state index in [1.165, 1.54) is 24.3 Å². The van der Waals surface area contributed by atoms with Gasteiger partial charge in [0.15, 0.2) is 0 Å². The molecule has 5 aromatic rings. The molecule has 0 aliphatic carbocycles. The van der Waals surface area contributed by atoms with Gasteiger partial charge >= 0.3 is 6.18 Å². The van der Waals surface area contributed by atoms with E-state index in [9.17, 15) is 36.7 Å². The normalized spacial score (nSPS) is 13.4. The Kier molecular flexibility index (Phi) is 13.8. The lowest BCUT2D eigenvalue weighted by molar-refractivity contribution is -0.137. The van der Waals surface area contributed by atoms with E-state index in [4.69, 9.17) is 10.00 Å². The first kappa shape index (κ1) is 42.8. The molecule has 1 saturated heterocycles. The first-order valence-electron chi connectivity index (χ1n) is 19.5. The largest absolute Gasteiger partial charge is 0.493 e. The van der Waals surface area contributed by atoms with Crippen LogP contribution in [0.5, 0.6) is 5.75 Å². The van der Waals surface area contributed by atoms with Crippen molar-refractivity contribution < 1.29 is 36.7 Å². The molecule has 0 unspecified atom stereocenters. The Morgan fingerprint density at radius 1 is 0.900 bits per heavy atom. The van der Waals surface area contributed by atoms with Crippen LogP contribution in [-0.4, -0.2) is 77.0 Å². The van der Waals surface area contributed by atoms with Crippen molar-refractivity contribution in [3.05, 3.63) is 129 Å². The van der Waals surface area contributed by atoms with Gasteiger partial charge in [0.05, 0.1) is 46.4 Å². The molecule has 4 aromatic carbocycles. The number of nitrogens with zero attached hydrogens (tertiary/aromatic N) is 4. The summed E-state index contributed by atoms with van der Waals surface area (Å²) in [5, 5.41) is 22.6. The fraction of sp³-hybridized carbons (Fsp3) is 0.318. The van der Waals surface area contributed by atoms with Crippen LogP contribution in [0.1, 0.15) is 65.3 Å². The molecule has 12 nitrogen and oxygen atoms in total. The Morgan fingerprint density at radius 2 is 1.60 bits per heavy atom. The van der Waals surface area contributed by atoms with E-state index in [1.807, 2.05) is 18.2 Å². The summed E-state index contributed by atoms with van der Waals surface area (Å²) in [5.74, 6) is -1.77. The van der Waals surface area contributed by atoms with E-state index in [0.29, 0.717) is 66.7 Å². The molecule has 312 valence electrons. The summed E-state index contributed by atoms with van der Waals surface area (Å²) in [6, 6.07) is 23.1. The third-order valence-electron chi connectivity index (χ3n) is 10.2. The van der Waals surface area contributed by atoms with Crippen LogP contribution in [0, 0.1) is 23.1 Å². The summed E-state index contributed by atoms with van der Waals surface area (Å²) in [6.07, 6.45) is -1.73. The summed E-state index contributed by atoms with van der Waals surface area (Å²) >= 11 is 0. The number of alkyl halides is 3. The predicted molar refractivity (Wildman–Crippen MR) is 217 cm³/mol. The quantitative estimate of drug-likeness (QED) is 0.0741. The van der Waals surface area contributed by atoms with Gasteiger partial charge in [-0.3, -0.25) is 19.2 Å². The number of aromatic nitrogens is 2. The maximum absolute atomic E-state index is 14.9. The molecular formula is C44H43F4N7O5. The number of hydrogen-bond acceptors (Lipinski definition) is 8. The van der Waals surface area contributed by atoms with Crippen LogP contribution in [0.15, 0.2) is 89.7 Å². The zero-order chi connectivity index (χ0) is 42.8. The molecule has 3 N–H and O–H groups in total. The lowest BCUT2D eigenvalue weighted by Crippen LogP contribution is -2.50. The number of carbonyl (C=O) groups excluding carboxylic acids is 3. The molecule has 1 aliphatic rings. The summed E-state index contributed by atoms with van der Waals surface area (Å²) in [5.41, 5.74) is 0.0520. The molecule has 3 amide bonds. The van der Waals surface area contributed by atoms with E-state index in [1.54, 1.807) is 53.1 Å². The molecule has 6 rings (SSSR count). The number of nitriles is 1. The average Bonchev–Trinajstić information content (AvgIpc) is 3.25. The van der Waals surface area contributed by atoms with Gasteiger partial charge in [0.25, 0.3) is 11.5 Å². The number of hydrogen-bond donors (Lipinski definition) is 3. The topological polar surface area (TPSA) is 161 Å². The van der Waals surface area contributed by atoms with E-state index in [-0.39, 0.29) is 42.4 Å². The van der Waals surface area contributed by atoms with Crippen molar-refractivity contribution in [2.45, 2.75) is 45.2 Å². The number of halogens is 4. The minimum atomic E-state index is -4.74. The lowest BCUT2D eigenvalue weighted by Gasteiger charge is -2.35. The van der Waals surface area contributed by atoms with Gasteiger partial charge < -0.3 is 25.2 Å². The predicted octanol–water partition coefficient (Wildman–Crippen LogP) is 7.15. The van der Waals surface area contributed by atoms with Crippen LogP contribution in [0.2, 0.25) is 0 Å². The molecule has 60 heavy (non-hydrogen) atoms. The molecule has 16 heteroatoms. The Hall–Kier alpha value is -6.76. The Labute approximate surface area is 343 Å².